The van der Waals surface area contributed by atoms with Crippen LogP contribution in [0.15, 0.2) is 30.3 Å². The molecule has 2 fully saturated rings. The minimum atomic E-state index is -0.239. The fraction of sp³-hybridized carbons (Fsp3) is 0.500. The molecule has 2 heterocycles. The van der Waals surface area contributed by atoms with E-state index >= 15 is 0 Å². The number of benzene rings is 1. The Hall–Kier alpha value is -1.39. The molecule has 0 saturated carbocycles. The van der Waals surface area contributed by atoms with E-state index in [1.807, 2.05) is 30.3 Å². The maximum Gasteiger partial charge on any atom is 0.249 e. The van der Waals surface area contributed by atoms with Gasteiger partial charge in [0.25, 0.3) is 0 Å². The van der Waals surface area contributed by atoms with Gasteiger partial charge < -0.3 is 5.32 Å². The Kier molecular flexibility index (Phi) is 3.06. The van der Waals surface area contributed by atoms with Crippen molar-refractivity contribution >= 4 is 5.91 Å². The summed E-state index contributed by atoms with van der Waals surface area (Å²) in [7, 11) is 0. The average molecular weight is 246 g/mol. The third kappa shape index (κ3) is 2.26. The van der Waals surface area contributed by atoms with Gasteiger partial charge in [-0.15, -0.1) is 0 Å². The Bertz CT molecular complexity index is 427. The minimum Gasteiger partial charge on any atom is -0.317 e. The van der Waals surface area contributed by atoms with Gasteiger partial charge in [0.15, 0.2) is 0 Å². The number of carbonyl (C=O) groups excluding carboxylic acids is 1. The van der Waals surface area contributed by atoms with Crippen LogP contribution in [0.5, 0.6) is 0 Å². The summed E-state index contributed by atoms with van der Waals surface area (Å²) in [5, 5.41) is 4.85. The fourth-order valence-electron chi connectivity index (χ4n) is 2.70. The monoisotopic (exact) mass is 246 g/mol. The smallest absolute Gasteiger partial charge is 0.249 e. The summed E-state index contributed by atoms with van der Waals surface area (Å²) in [5.41, 5.74) is 0.869. The number of hydroxylamine groups is 2. The quantitative estimate of drug-likeness (QED) is 0.859. The Morgan fingerprint density at radius 3 is 2.67 bits per heavy atom. The highest BCUT2D eigenvalue weighted by Crippen LogP contribution is 2.35. The van der Waals surface area contributed by atoms with Crippen molar-refractivity contribution in [3.63, 3.8) is 0 Å². The summed E-state index contributed by atoms with van der Waals surface area (Å²) in [5.74, 6) is 0.112. The SMILES string of the molecule is O=C1CC2(CCNCC2)ON1Cc1ccccc1. The summed E-state index contributed by atoms with van der Waals surface area (Å²) in [6.07, 6.45) is 2.37. The van der Waals surface area contributed by atoms with Gasteiger partial charge in [-0.2, -0.15) is 0 Å². The van der Waals surface area contributed by atoms with Crippen LogP contribution in [0.25, 0.3) is 0 Å². The second-order valence-electron chi connectivity index (χ2n) is 5.12. The molecule has 0 aromatic heterocycles. The number of amides is 1. The molecule has 0 atom stereocenters. The second-order valence-corrected chi connectivity index (χ2v) is 5.12. The maximum absolute atomic E-state index is 12.0. The molecular weight excluding hydrogens is 228 g/mol. The first-order chi connectivity index (χ1) is 8.77. The van der Waals surface area contributed by atoms with Crippen molar-refractivity contribution in [2.45, 2.75) is 31.4 Å². The van der Waals surface area contributed by atoms with E-state index in [0.29, 0.717) is 13.0 Å². The highest BCUT2D eigenvalue weighted by atomic mass is 16.7. The van der Waals surface area contributed by atoms with Gasteiger partial charge in [0.1, 0.15) is 5.60 Å². The van der Waals surface area contributed by atoms with E-state index < -0.39 is 0 Å². The zero-order valence-electron chi connectivity index (χ0n) is 10.4. The van der Waals surface area contributed by atoms with Gasteiger partial charge >= 0.3 is 0 Å². The zero-order valence-corrected chi connectivity index (χ0v) is 10.4. The number of piperidine rings is 1. The summed E-state index contributed by atoms with van der Waals surface area (Å²) >= 11 is 0. The van der Waals surface area contributed by atoms with E-state index in [0.717, 1.165) is 31.5 Å². The first kappa shape index (κ1) is 11.7. The first-order valence-electron chi connectivity index (χ1n) is 6.52. The molecule has 0 aliphatic carbocycles. The van der Waals surface area contributed by atoms with Crippen LogP contribution >= 0.6 is 0 Å². The lowest BCUT2D eigenvalue weighted by Crippen LogP contribution is -2.42. The van der Waals surface area contributed by atoms with E-state index in [-0.39, 0.29) is 11.5 Å². The largest absolute Gasteiger partial charge is 0.317 e. The molecule has 3 rings (SSSR count). The van der Waals surface area contributed by atoms with Crippen LogP contribution in [0.2, 0.25) is 0 Å². The van der Waals surface area contributed by atoms with Gasteiger partial charge in [-0.3, -0.25) is 9.63 Å². The third-order valence-corrected chi connectivity index (χ3v) is 3.74. The van der Waals surface area contributed by atoms with Crippen LogP contribution in [0.1, 0.15) is 24.8 Å². The lowest BCUT2D eigenvalue weighted by Gasteiger charge is -2.32. The number of nitrogens with one attached hydrogen (secondary N) is 1. The Morgan fingerprint density at radius 2 is 1.94 bits per heavy atom. The van der Waals surface area contributed by atoms with E-state index in [1.165, 1.54) is 0 Å². The maximum atomic E-state index is 12.0. The van der Waals surface area contributed by atoms with Crippen LogP contribution in [0.4, 0.5) is 0 Å². The molecule has 2 saturated heterocycles. The molecule has 96 valence electrons. The predicted molar refractivity (Wildman–Crippen MR) is 67.5 cm³/mol. The topological polar surface area (TPSA) is 41.6 Å². The molecular formula is C14H18N2O2. The molecule has 1 N–H and O–H groups in total. The molecule has 4 heteroatoms. The number of rotatable bonds is 2. The molecule has 1 spiro atoms. The lowest BCUT2D eigenvalue weighted by atomic mass is 9.90. The molecule has 1 aromatic rings. The summed E-state index contributed by atoms with van der Waals surface area (Å²) in [4.78, 5) is 18.0. The van der Waals surface area contributed by atoms with Crippen LogP contribution < -0.4 is 5.32 Å². The van der Waals surface area contributed by atoms with Crippen LogP contribution in [0.3, 0.4) is 0 Å². The van der Waals surface area contributed by atoms with Crippen molar-refractivity contribution in [2.75, 3.05) is 13.1 Å². The van der Waals surface area contributed by atoms with Gasteiger partial charge in [0.05, 0.1) is 13.0 Å². The molecule has 18 heavy (non-hydrogen) atoms. The number of hydrogen-bond acceptors (Lipinski definition) is 3. The van der Waals surface area contributed by atoms with Crippen molar-refractivity contribution in [1.29, 1.82) is 0 Å². The van der Waals surface area contributed by atoms with E-state index in [4.69, 9.17) is 4.84 Å². The second kappa shape index (κ2) is 4.71. The number of carbonyl (C=O) groups is 1. The van der Waals surface area contributed by atoms with Gasteiger partial charge in [0.2, 0.25) is 5.91 Å². The summed E-state index contributed by atoms with van der Waals surface area (Å²) in [6.45, 7) is 2.42. The predicted octanol–water partition coefficient (Wildman–Crippen LogP) is 1.47. The molecule has 1 amide bonds. The van der Waals surface area contributed by atoms with Crippen LogP contribution in [0, 0.1) is 0 Å². The Balaban J connectivity index is 1.69. The lowest BCUT2D eigenvalue weighted by molar-refractivity contribution is -0.209. The van der Waals surface area contributed by atoms with E-state index in [9.17, 15) is 4.79 Å². The van der Waals surface area contributed by atoms with Crippen LogP contribution in [-0.4, -0.2) is 29.7 Å². The van der Waals surface area contributed by atoms with Crippen molar-refractivity contribution in [3.8, 4) is 0 Å². The minimum absolute atomic E-state index is 0.112. The van der Waals surface area contributed by atoms with Crippen molar-refractivity contribution in [2.24, 2.45) is 0 Å². The zero-order chi connectivity index (χ0) is 12.4. The summed E-state index contributed by atoms with van der Waals surface area (Å²) in [6, 6.07) is 9.98. The molecule has 1 aromatic carbocycles. The molecule has 0 bridgehead atoms. The third-order valence-electron chi connectivity index (χ3n) is 3.74. The number of hydrogen-bond donors (Lipinski definition) is 1. The normalized spacial score (nSPS) is 22.7. The van der Waals surface area contributed by atoms with Crippen molar-refractivity contribution in [3.05, 3.63) is 35.9 Å². The van der Waals surface area contributed by atoms with Gasteiger partial charge in [0, 0.05) is 0 Å². The first-order valence-corrected chi connectivity index (χ1v) is 6.52. The molecule has 0 unspecified atom stereocenters. The summed E-state index contributed by atoms with van der Waals surface area (Å²) < 4.78 is 0. The highest BCUT2D eigenvalue weighted by Gasteiger charge is 2.45. The molecule has 2 aliphatic rings. The van der Waals surface area contributed by atoms with E-state index in [1.54, 1.807) is 5.06 Å². The fourth-order valence-corrected chi connectivity index (χ4v) is 2.70. The molecule has 0 radical (unpaired) electrons. The van der Waals surface area contributed by atoms with Crippen molar-refractivity contribution < 1.29 is 9.63 Å². The standard InChI is InChI=1S/C14H18N2O2/c17-13-10-14(6-8-15-9-7-14)18-16(13)11-12-4-2-1-3-5-12/h1-5,15H,6-11H2. The van der Waals surface area contributed by atoms with Gasteiger partial charge in [-0.05, 0) is 31.5 Å². The molecule has 2 aliphatic heterocycles. The van der Waals surface area contributed by atoms with Crippen LogP contribution in [-0.2, 0) is 16.2 Å². The van der Waals surface area contributed by atoms with Crippen molar-refractivity contribution in [1.82, 2.24) is 10.4 Å². The van der Waals surface area contributed by atoms with E-state index in [2.05, 4.69) is 5.32 Å². The highest BCUT2D eigenvalue weighted by molar-refractivity contribution is 5.78. The number of nitrogens with zero attached hydrogens (tertiary/aromatic N) is 1. The molecule has 4 nitrogen and oxygen atoms in total. The Labute approximate surface area is 107 Å². The van der Waals surface area contributed by atoms with Gasteiger partial charge in [-0.1, -0.05) is 30.3 Å². The average Bonchev–Trinajstić information content (AvgIpc) is 2.68. The Morgan fingerprint density at radius 1 is 1.22 bits per heavy atom. The van der Waals surface area contributed by atoms with Gasteiger partial charge in [-0.25, -0.2) is 5.06 Å².